The van der Waals surface area contributed by atoms with E-state index >= 15 is 0 Å². The fraction of sp³-hybridized carbons (Fsp3) is 0.0435. The fourth-order valence-corrected chi connectivity index (χ4v) is 3.11. The Kier molecular flexibility index (Phi) is 4.99. The number of para-hydroxylation sites is 1. The molecule has 2 heterocycles. The zero-order chi connectivity index (χ0) is 20.2. The number of carbonyl (C=O) groups is 2. The van der Waals surface area contributed by atoms with Gasteiger partial charge in [0.1, 0.15) is 0 Å². The monoisotopic (exact) mass is 382 g/mol. The van der Waals surface area contributed by atoms with Crippen molar-refractivity contribution in [2.24, 2.45) is 0 Å². The van der Waals surface area contributed by atoms with Crippen LogP contribution in [0.5, 0.6) is 0 Å². The number of hydrogen-bond donors (Lipinski definition) is 2. The molecule has 0 bridgehead atoms. The molecule has 0 atom stereocenters. The second-order valence-corrected chi connectivity index (χ2v) is 6.52. The lowest BCUT2D eigenvalue weighted by molar-refractivity contribution is -0.114. The summed E-state index contributed by atoms with van der Waals surface area (Å²) in [6, 6.07) is 20.1. The zero-order valence-corrected chi connectivity index (χ0v) is 15.7. The van der Waals surface area contributed by atoms with Crippen LogP contribution < -0.4 is 10.6 Å². The van der Waals surface area contributed by atoms with Gasteiger partial charge in [-0.15, -0.1) is 0 Å². The number of nitrogens with zero attached hydrogens (tertiary/aromatic N) is 2. The highest BCUT2D eigenvalue weighted by Gasteiger charge is 2.14. The van der Waals surface area contributed by atoms with E-state index in [1.807, 2.05) is 36.4 Å². The Morgan fingerprint density at radius 3 is 2.31 bits per heavy atom. The summed E-state index contributed by atoms with van der Waals surface area (Å²) < 4.78 is 0. The van der Waals surface area contributed by atoms with Gasteiger partial charge in [0.05, 0.1) is 16.8 Å². The molecule has 0 aliphatic heterocycles. The molecular formula is C23H18N4O2. The first kappa shape index (κ1) is 18.3. The topological polar surface area (TPSA) is 84.0 Å². The summed E-state index contributed by atoms with van der Waals surface area (Å²) in [7, 11) is 0. The Bertz CT molecular complexity index is 1210. The summed E-state index contributed by atoms with van der Waals surface area (Å²) in [5.74, 6) is -0.422. The van der Waals surface area contributed by atoms with Crippen LogP contribution in [0.3, 0.4) is 0 Å². The van der Waals surface area contributed by atoms with Gasteiger partial charge in [0.2, 0.25) is 5.91 Å². The van der Waals surface area contributed by atoms with E-state index in [2.05, 4.69) is 20.6 Å². The van der Waals surface area contributed by atoms with Crippen molar-refractivity contribution < 1.29 is 9.59 Å². The van der Waals surface area contributed by atoms with Gasteiger partial charge >= 0.3 is 0 Å². The number of benzene rings is 2. The van der Waals surface area contributed by atoms with Gasteiger partial charge in [0.25, 0.3) is 5.91 Å². The maximum atomic E-state index is 13.1. The van der Waals surface area contributed by atoms with E-state index in [0.717, 1.165) is 16.5 Å². The molecule has 2 amide bonds. The molecule has 0 spiro atoms. The van der Waals surface area contributed by atoms with Crippen molar-refractivity contribution in [3.05, 3.63) is 84.7 Å². The maximum absolute atomic E-state index is 13.1. The van der Waals surface area contributed by atoms with Crippen LogP contribution in [-0.2, 0) is 4.79 Å². The minimum absolute atomic E-state index is 0.171. The average Bonchev–Trinajstić information content (AvgIpc) is 2.73. The first-order valence-electron chi connectivity index (χ1n) is 9.09. The molecule has 2 aromatic carbocycles. The van der Waals surface area contributed by atoms with E-state index < -0.39 is 0 Å². The standard InChI is InChI=1S/C23H18N4O2/c1-15(28)25-17-5-4-6-18(13-17)26-23(29)20-14-22(16-9-11-24-12-10-16)27-21-8-3-2-7-19(20)21/h2-14H,1H3,(H,25,28)(H,26,29). The summed E-state index contributed by atoms with van der Waals surface area (Å²) in [5.41, 5.74) is 4.04. The number of pyridine rings is 2. The summed E-state index contributed by atoms with van der Waals surface area (Å²) in [5, 5.41) is 6.39. The van der Waals surface area contributed by atoms with Crippen molar-refractivity contribution >= 4 is 34.1 Å². The predicted molar refractivity (Wildman–Crippen MR) is 114 cm³/mol. The van der Waals surface area contributed by atoms with Gasteiger partial charge in [0, 0.05) is 41.6 Å². The molecule has 29 heavy (non-hydrogen) atoms. The molecule has 0 aliphatic rings. The number of rotatable bonds is 4. The number of hydrogen-bond acceptors (Lipinski definition) is 4. The second-order valence-electron chi connectivity index (χ2n) is 6.52. The summed E-state index contributed by atoms with van der Waals surface area (Å²) in [6.45, 7) is 1.44. The van der Waals surface area contributed by atoms with Crippen molar-refractivity contribution in [2.75, 3.05) is 10.6 Å². The molecule has 142 valence electrons. The lowest BCUT2D eigenvalue weighted by Gasteiger charge is -2.11. The predicted octanol–water partition coefficient (Wildman–Crippen LogP) is 4.51. The first-order chi connectivity index (χ1) is 14.1. The Morgan fingerprint density at radius 2 is 1.55 bits per heavy atom. The third-order valence-electron chi connectivity index (χ3n) is 4.38. The molecule has 4 rings (SSSR count). The van der Waals surface area contributed by atoms with Crippen molar-refractivity contribution in [1.82, 2.24) is 9.97 Å². The van der Waals surface area contributed by atoms with Crippen LogP contribution in [0.4, 0.5) is 11.4 Å². The molecule has 2 aromatic heterocycles. The third-order valence-corrected chi connectivity index (χ3v) is 4.38. The molecule has 0 unspecified atom stereocenters. The van der Waals surface area contributed by atoms with Crippen LogP contribution in [0.1, 0.15) is 17.3 Å². The van der Waals surface area contributed by atoms with Gasteiger partial charge < -0.3 is 10.6 Å². The van der Waals surface area contributed by atoms with Crippen molar-refractivity contribution in [3.8, 4) is 11.3 Å². The van der Waals surface area contributed by atoms with Crippen molar-refractivity contribution in [2.45, 2.75) is 6.92 Å². The third kappa shape index (κ3) is 4.11. The van der Waals surface area contributed by atoms with Gasteiger partial charge in [-0.25, -0.2) is 4.98 Å². The number of fused-ring (bicyclic) bond motifs is 1. The lowest BCUT2D eigenvalue weighted by atomic mass is 10.0. The van der Waals surface area contributed by atoms with E-state index in [-0.39, 0.29) is 11.8 Å². The smallest absolute Gasteiger partial charge is 0.256 e. The minimum Gasteiger partial charge on any atom is -0.326 e. The Balaban J connectivity index is 1.73. The average molecular weight is 382 g/mol. The van der Waals surface area contributed by atoms with Crippen molar-refractivity contribution in [3.63, 3.8) is 0 Å². The van der Waals surface area contributed by atoms with Crippen LogP contribution in [0.25, 0.3) is 22.2 Å². The fourth-order valence-electron chi connectivity index (χ4n) is 3.11. The molecule has 4 aromatic rings. The van der Waals surface area contributed by atoms with E-state index in [1.165, 1.54) is 6.92 Å². The minimum atomic E-state index is -0.251. The highest BCUT2D eigenvalue weighted by Crippen LogP contribution is 2.25. The van der Waals surface area contributed by atoms with Crippen LogP contribution in [-0.4, -0.2) is 21.8 Å². The normalized spacial score (nSPS) is 10.5. The van der Waals surface area contributed by atoms with Crippen LogP contribution >= 0.6 is 0 Å². The first-order valence-corrected chi connectivity index (χ1v) is 9.09. The highest BCUT2D eigenvalue weighted by atomic mass is 16.2. The molecule has 0 saturated carbocycles. The van der Waals surface area contributed by atoms with Crippen LogP contribution in [0.15, 0.2) is 79.1 Å². The second kappa shape index (κ2) is 7.90. The molecule has 0 aliphatic carbocycles. The van der Waals surface area contributed by atoms with Gasteiger partial charge in [-0.2, -0.15) is 0 Å². The Hall–Kier alpha value is -4.06. The molecular weight excluding hydrogens is 364 g/mol. The van der Waals surface area contributed by atoms with Gasteiger partial charge in [0.15, 0.2) is 0 Å². The number of carbonyl (C=O) groups excluding carboxylic acids is 2. The summed E-state index contributed by atoms with van der Waals surface area (Å²) in [6.07, 6.45) is 3.39. The zero-order valence-electron chi connectivity index (χ0n) is 15.7. The molecule has 2 N–H and O–H groups in total. The van der Waals surface area contributed by atoms with Gasteiger partial charge in [-0.3, -0.25) is 14.6 Å². The van der Waals surface area contributed by atoms with Gasteiger partial charge in [-0.05, 0) is 42.5 Å². The summed E-state index contributed by atoms with van der Waals surface area (Å²) in [4.78, 5) is 33.1. The lowest BCUT2D eigenvalue weighted by Crippen LogP contribution is -2.13. The summed E-state index contributed by atoms with van der Waals surface area (Å²) >= 11 is 0. The number of nitrogens with one attached hydrogen (secondary N) is 2. The van der Waals surface area contributed by atoms with Gasteiger partial charge in [-0.1, -0.05) is 24.3 Å². The highest BCUT2D eigenvalue weighted by molar-refractivity contribution is 6.13. The molecule has 0 radical (unpaired) electrons. The number of anilines is 2. The SMILES string of the molecule is CC(=O)Nc1cccc(NC(=O)c2cc(-c3ccncc3)nc3ccccc23)c1. The van der Waals surface area contributed by atoms with Crippen LogP contribution in [0.2, 0.25) is 0 Å². The molecule has 6 heteroatoms. The molecule has 6 nitrogen and oxygen atoms in total. The Morgan fingerprint density at radius 1 is 0.828 bits per heavy atom. The molecule has 0 fully saturated rings. The maximum Gasteiger partial charge on any atom is 0.256 e. The van der Waals surface area contributed by atoms with Crippen molar-refractivity contribution in [1.29, 1.82) is 0 Å². The largest absolute Gasteiger partial charge is 0.326 e. The Labute approximate surface area is 167 Å². The van der Waals surface area contributed by atoms with E-state index in [1.54, 1.807) is 42.7 Å². The number of amides is 2. The molecule has 0 saturated heterocycles. The number of aromatic nitrogens is 2. The van der Waals surface area contributed by atoms with Crippen LogP contribution in [0, 0.1) is 0 Å². The quantitative estimate of drug-likeness (QED) is 0.544. The van der Waals surface area contributed by atoms with E-state index in [4.69, 9.17) is 0 Å². The van der Waals surface area contributed by atoms with E-state index in [0.29, 0.717) is 22.6 Å². The van der Waals surface area contributed by atoms with E-state index in [9.17, 15) is 9.59 Å².